The predicted molar refractivity (Wildman–Crippen MR) is 93.5 cm³/mol. The molecule has 2 aliphatic rings. The van der Waals surface area contributed by atoms with Crippen LogP contribution in [0.2, 0.25) is 0 Å². The summed E-state index contributed by atoms with van der Waals surface area (Å²) in [4.78, 5) is 8.37. The minimum Gasteiger partial charge on any atom is -0.262 e. The summed E-state index contributed by atoms with van der Waals surface area (Å²) in [7, 11) is 0. The molecular formula is C20H17FN2. The minimum atomic E-state index is -0.385. The van der Waals surface area contributed by atoms with E-state index in [1.54, 1.807) is 12.3 Å². The number of pyridine rings is 1. The standard InChI is InChI=1S/C20H17FN2/c1-13-9-17(11-14(2)15(3)16-5-4-6-16)23-20(10-13)18-7-8-22-12-19(18)21/h4-8,10,12H,1-3,9,11H2. The predicted octanol–water partition coefficient (Wildman–Crippen LogP) is 4.96. The number of nitrogens with zero attached hydrogens (tertiary/aromatic N) is 2. The lowest BCUT2D eigenvalue weighted by Crippen LogP contribution is -2.08. The van der Waals surface area contributed by atoms with Crippen molar-refractivity contribution in [2.75, 3.05) is 0 Å². The molecule has 0 fully saturated rings. The third-order valence-electron chi connectivity index (χ3n) is 3.84. The van der Waals surface area contributed by atoms with Crippen LogP contribution in [0.15, 0.2) is 89.8 Å². The van der Waals surface area contributed by atoms with E-state index >= 15 is 0 Å². The summed E-state index contributed by atoms with van der Waals surface area (Å²) in [5.41, 5.74) is 5.78. The summed E-state index contributed by atoms with van der Waals surface area (Å²) in [6.45, 7) is 12.2. The number of allylic oxidation sites excluding steroid dienone is 8. The molecule has 2 heterocycles. The Labute approximate surface area is 135 Å². The van der Waals surface area contributed by atoms with Crippen LogP contribution in [0.4, 0.5) is 4.39 Å². The average Bonchev–Trinajstić information content (AvgIpc) is 2.45. The van der Waals surface area contributed by atoms with Crippen LogP contribution in [0.3, 0.4) is 0 Å². The zero-order valence-electron chi connectivity index (χ0n) is 12.8. The topological polar surface area (TPSA) is 25.2 Å². The normalized spacial score (nSPS) is 16.2. The van der Waals surface area contributed by atoms with E-state index in [1.807, 2.05) is 24.3 Å². The molecule has 2 nitrogen and oxygen atoms in total. The van der Waals surface area contributed by atoms with Gasteiger partial charge in [0.1, 0.15) is 0 Å². The van der Waals surface area contributed by atoms with Crippen LogP contribution in [0, 0.1) is 5.82 Å². The first-order valence-corrected chi connectivity index (χ1v) is 7.36. The van der Waals surface area contributed by atoms with Gasteiger partial charge in [-0.15, -0.1) is 0 Å². The molecule has 0 atom stereocenters. The molecule has 0 bridgehead atoms. The Kier molecular flexibility index (Phi) is 4.02. The SMILES string of the molecule is C=C1C=C(c2ccncc2F)N=C(CC(=C)C(=C)C2=CC=C2)C1. The van der Waals surface area contributed by atoms with Crippen LogP contribution in [-0.2, 0) is 0 Å². The van der Waals surface area contributed by atoms with Gasteiger partial charge >= 0.3 is 0 Å². The fraction of sp³-hybridized carbons (Fsp3) is 0.100. The van der Waals surface area contributed by atoms with Gasteiger partial charge in [0.25, 0.3) is 0 Å². The van der Waals surface area contributed by atoms with E-state index in [4.69, 9.17) is 0 Å². The van der Waals surface area contributed by atoms with Crippen LogP contribution in [0.1, 0.15) is 18.4 Å². The van der Waals surface area contributed by atoms with E-state index in [9.17, 15) is 4.39 Å². The van der Waals surface area contributed by atoms with E-state index < -0.39 is 0 Å². The van der Waals surface area contributed by atoms with Gasteiger partial charge in [-0.05, 0) is 34.4 Å². The second-order valence-corrected chi connectivity index (χ2v) is 5.64. The monoisotopic (exact) mass is 304 g/mol. The smallest absolute Gasteiger partial charge is 0.150 e. The van der Waals surface area contributed by atoms with Crippen molar-refractivity contribution in [1.29, 1.82) is 0 Å². The lowest BCUT2D eigenvalue weighted by atomic mass is 9.90. The number of hydrogen-bond acceptors (Lipinski definition) is 2. The van der Waals surface area contributed by atoms with Gasteiger partial charge in [0, 0.05) is 30.3 Å². The Morgan fingerprint density at radius 2 is 2.09 bits per heavy atom. The maximum atomic E-state index is 13.9. The molecule has 0 aromatic carbocycles. The fourth-order valence-electron chi connectivity index (χ4n) is 2.52. The Bertz CT molecular complexity index is 835. The van der Waals surface area contributed by atoms with E-state index in [1.165, 1.54) is 6.20 Å². The van der Waals surface area contributed by atoms with Crippen molar-refractivity contribution in [1.82, 2.24) is 4.98 Å². The van der Waals surface area contributed by atoms with E-state index in [2.05, 4.69) is 29.7 Å². The highest BCUT2D eigenvalue weighted by Gasteiger charge is 2.16. The van der Waals surface area contributed by atoms with Gasteiger partial charge in [0.2, 0.25) is 0 Å². The molecule has 23 heavy (non-hydrogen) atoms. The Hall–Kier alpha value is -2.81. The fourth-order valence-corrected chi connectivity index (χ4v) is 2.52. The molecule has 114 valence electrons. The highest BCUT2D eigenvalue weighted by Crippen LogP contribution is 2.30. The quantitative estimate of drug-likeness (QED) is 0.706. The molecule has 0 N–H and O–H groups in total. The highest BCUT2D eigenvalue weighted by atomic mass is 19.1. The van der Waals surface area contributed by atoms with Crippen LogP contribution < -0.4 is 0 Å². The molecule has 0 amide bonds. The van der Waals surface area contributed by atoms with Crippen molar-refractivity contribution in [2.45, 2.75) is 12.8 Å². The summed E-state index contributed by atoms with van der Waals surface area (Å²) < 4.78 is 13.9. The van der Waals surface area contributed by atoms with Gasteiger partial charge in [0.15, 0.2) is 5.82 Å². The molecular weight excluding hydrogens is 287 g/mol. The lowest BCUT2D eigenvalue weighted by molar-refractivity contribution is 0.617. The van der Waals surface area contributed by atoms with Crippen molar-refractivity contribution in [3.8, 4) is 0 Å². The van der Waals surface area contributed by atoms with Crippen molar-refractivity contribution in [3.05, 3.63) is 96.2 Å². The number of aromatic nitrogens is 1. The molecule has 3 heteroatoms. The zero-order valence-corrected chi connectivity index (χ0v) is 12.8. The molecule has 0 unspecified atom stereocenters. The largest absolute Gasteiger partial charge is 0.262 e. The number of halogens is 1. The van der Waals surface area contributed by atoms with E-state index in [0.717, 1.165) is 28.0 Å². The molecule has 0 saturated heterocycles. The van der Waals surface area contributed by atoms with Gasteiger partial charge in [-0.1, -0.05) is 38.0 Å². The van der Waals surface area contributed by atoms with Crippen molar-refractivity contribution >= 4 is 11.4 Å². The molecule has 1 aliphatic heterocycles. The lowest BCUT2D eigenvalue weighted by Gasteiger charge is -2.18. The third-order valence-corrected chi connectivity index (χ3v) is 3.84. The van der Waals surface area contributed by atoms with Crippen molar-refractivity contribution in [2.24, 2.45) is 4.99 Å². The third kappa shape index (κ3) is 3.19. The van der Waals surface area contributed by atoms with Gasteiger partial charge in [-0.3, -0.25) is 9.98 Å². The number of aliphatic imine (C=N–C) groups is 1. The summed E-state index contributed by atoms with van der Waals surface area (Å²) >= 11 is 0. The molecule has 0 radical (unpaired) electrons. The summed E-state index contributed by atoms with van der Waals surface area (Å²) in [5, 5.41) is 0. The van der Waals surface area contributed by atoms with Gasteiger partial charge in [-0.25, -0.2) is 4.39 Å². The first-order valence-electron chi connectivity index (χ1n) is 7.36. The summed E-state index contributed by atoms with van der Waals surface area (Å²) in [6, 6.07) is 1.62. The molecule has 3 rings (SSSR count). The molecule has 1 aliphatic carbocycles. The second kappa shape index (κ2) is 6.13. The van der Waals surface area contributed by atoms with Crippen LogP contribution in [0.5, 0.6) is 0 Å². The van der Waals surface area contributed by atoms with Crippen LogP contribution >= 0.6 is 0 Å². The molecule has 1 aromatic heterocycles. The van der Waals surface area contributed by atoms with Crippen LogP contribution in [0.25, 0.3) is 5.70 Å². The molecule has 0 saturated carbocycles. The summed E-state index contributed by atoms with van der Waals surface area (Å²) in [6.07, 6.45) is 11.8. The minimum absolute atomic E-state index is 0.385. The first-order chi connectivity index (χ1) is 11.0. The zero-order chi connectivity index (χ0) is 16.4. The number of hydrogen-bond donors (Lipinski definition) is 0. The molecule has 1 aromatic rings. The van der Waals surface area contributed by atoms with E-state index in [-0.39, 0.29) is 5.82 Å². The first kappa shape index (κ1) is 15.1. The highest BCUT2D eigenvalue weighted by molar-refractivity contribution is 5.96. The van der Waals surface area contributed by atoms with Crippen molar-refractivity contribution in [3.63, 3.8) is 0 Å². The maximum Gasteiger partial charge on any atom is 0.150 e. The van der Waals surface area contributed by atoms with Gasteiger partial charge in [0.05, 0.1) is 11.9 Å². The second-order valence-electron chi connectivity index (χ2n) is 5.64. The Morgan fingerprint density at radius 3 is 2.74 bits per heavy atom. The maximum absolute atomic E-state index is 13.9. The van der Waals surface area contributed by atoms with E-state index in [0.29, 0.717) is 24.1 Å². The number of rotatable bonds is 5. The average molecular weight is 304 g/mol. The van der Waals surface area contributed by atoms with Gasteiger partial charge < -0.3 is 0 Å². The van der Waals surface area contributed by atoms with Crippen LogP contribution in [-0.4, -0.2) is 10.7 Å². The Morgan fingerprint density at radius 1 is 1.30 bits per heavy atom. The van der Waals surface area contributed by atoms with Gasteiger partial charge in [-0.2, -0.15) is 0 Å². The Balaban J connectivity index is 1.81. The van der Waals surface area contributed by atoms with Crippen molar-refractivity contribution < 1.29 is 4.39 Å². The summed E-state index contributed by atoms with van der Waals surface area (Å²) in [5.74, 6) is -0.385. The molecule has 0 spiro atoms.